The molecule has 0 bridgehead atoms. The zero-order valence-electron chi connectivity index (χ0n) is 16.2. The number of halogens is 4. The van der Waals surface area contributed by atoms with Gasteiger partial charge in [-0.1, -0.05) is 19.1 Å². The zero-order chi connectivity index (χ0) is 22.0. The fraction of sp³-hybridized carbons (Fsp3) is 0.250. The number of hydrogen-bond donors (Lipinski definition) is 1. The monoisotopic (exact) mass is 430 g/mol. The number of sulfone groups is 1. The van der Waals surface area contributed by atoms with Gasteiger partial charge < -0.3 is 4.98 Å². The molecule has 0 atom stereocenters. The maximum atomic E-state index is 13.0. The zero-order valence-corrected chi connectivity index (χ0v) is 17.0. The van der Waals surface area contributed by atoms with Gasteiger partial charge in [0.25, 0.3) is 0 Å². The number of benzene rings is 2. The second kappa shape index (κ2) is 11.4. The molecule has 0 radical (unpaired) electrons. The topological polar surface area (TPSA) is 62.8 Å². The van der Waals surface area contributed by atoms with Gasteiger partial charge in [0.05, 0.1) is 29.8 Å². The van der Waals surface area contributed by atoms with Gasteiger partial charge in [-0.05, 0) is 36.4 Å². The molecule has 4 nitrogen and oxygen atoms in total. The van der Waals surface area contributed by atoms with Crippen LogP contribution in [0.1, 0.15) is 13.3 Å². The van der Waals surface area contributed by atoms with E-state index in [1.807, 2.05) is 0 Å². The molecule has 3 rings (SSSR count). The predicted octanol–water partition coefficient (Wildman–Crippen LogP) is 5.53. The molecule has 1 heterocycles. The van der Waals surface area contributed by atoms with E-state index in [0.717, 1.165) is 16.8 Å². The number of aromatic amines is 1. The minimum atomic E-state index is -3.23. The number of alkyl halides is 3. The summed E-state index contributed by atoms with van der Waals surface area (Å²) < 4.78 is 67.0. The van der Waals surface area contributed by atoms with Crippen molar-refractivity contribution in [2.24, 2.45) is 0 Å². The van der Waals surface area contributed by atoms with Crippen LogP contribution in [0.25, 0.3) is 22.5 Å². The van der Waals surface area contributed by atoms with Crippen LogP contribution in [0.4, 0.5) is 17.6 Å². The number of aromatic nitrogens is 2. The molecule has 0 spiro atoms. The Bertz CT molecular complexity index is 970. The van der Waals surface area contributed by atoms with Crippen LogP contribution in [0.15, 0.2) is 59.8 Å². The Morgan fingerprint density at radius 2 is 1.45 bits per heavy atom. The third-order valence-corrected chi connectivity index (χ3v) is 4.77. The van der Waals surface area contributed by atoms with E-state index in [1.54, 1.807) is 42.7 Å². The molecule has 29 heavy (non-hydrogen) atoms. The molecule has 0 aliphatic carbocycles. The third kappa shape index (κ3) is 7.34. The largest absolute Gasteiger partial charge is 0.344 e. The van der Waals surface area contributed by atoms with Crippen LogP contribution in [-0.4, -0.2) is 38.2 Å². The van der Waals surface area contributed by atoms with E-state index in [4.69, 9.17) is 0 Å². The van der Waals surface area contributed by atoms with Crippen molar-refractivity contribution in [1.29, 1.82) is 0 Å². The van der Waals surface area contributed by atoms with Gasteiger partial charge in [0.15, 0.2) is 9.84 Å². The molecule has 1 N–H and O–H groups in total. The maximum absolute atomic E-state index is 13.0. The molecular formula is C20H22F4N2O2S. The van der Waals surface area contributed by atoms with Gasteiger partial charge in [0.1, 0.15) is 5.82 Å². The summed E-state index contributed by atoms with van der Waals surface area (Å²) >= 11 is 0. The molecule has 0 saturated heterocycles. The van der Waals surface area contributed by atoms with Gasteiger partial charge in [-0.25, -0.2) is 26.6 Å². The Balaban J connectivity index is 0.000000527. The second-order valence-electron chi connectivity index (χ2n) is 5.73. The molecule has 0 aliphatic rings. The van der Waals surface area contributed by atoms with Crippen LogP contribution in [0.2, 0.25) is 0 Å². The SMILES string of the molecule is CCC(F)F.CF.CS(=O)(=O)c1ccc(-c2nc[nH]c2-c2ccc(F)cc2)cc1. The minimum Gasteiger partial charge on any atom is -0.344 e. The molecule has 9 heteroatoms. The lowest BCUT2D eigenvalue weighted by Gasteiger charge is -2.05. The summed E-state index contributed by atoms with van der Waals surface area (Å²) in [7, 11) is -2.73. The van der Waals surface area contributed by atoms with Crippen LogP contribution in [0.3, 0.4) is 0 Å². The van der Waals surface area contributed by atoms with E-state index in [1.165, 1.54) is 25.3 Å². The van der Waals surface area contributed by atoms with E-state index in [0.29, 0.717) is 12.9 Å². The van der Waals surface area contributed by atoms with Crippen molar-refractivity contribution in [2.45, 2.75) is 24.7 Å². The summed E-state index contributed by atoms with van der Waals surface area (Å²) in [6.07, 6.45) is 0.578. The number of nitrogens with one attached hydrogen (secondary N) is 1. The lowest BCUT2D eigenvalue weighted by Crippen LogP contribution is -1.96. The van der Waals surface area contributed by atoms with Gasteiger partial charge in [0, 0.05) is 23.8 Å². The second-order valence-corrected chi connectivity index (χ2v) is 7.74. The minimum absolute atomic E-state index is 0.0278. The van der Waals surface area contributed by atoms with Gasteiger partial charge in [0.2, 0.25) is 6.43 Å². The van der Waals surface area contributed by atoms with Crippen molar-refractivity contribution in [2.75, 3.05) is 13.4 Å². The Kier molecular flexibility index (Phi) is 9.54. The molecular weight excluding hydrogens is 408 g/mol. The summed E-state index contributed by atoms with van der Waals surface area (Å²) in [4.78, 5) is 7.57. The van der Waals surface area contributed by atoms with E-state index in [2.05, 4.69) is 9.97 Å². The smallest absolute Gasteiger partial charge is 0.238 e. The predicted molar refractivity (Wildman–Crippen MR) is 106 cm³/mol. The normalized spacial score (nSPS) is 10.6. The van der Waals surface area contributed by atoms with Crippen molar-refractivity contribution in [3.63, 3.8) is 0 Å². The summed E-state index contributed by atoms with van der Waals surface area (Å²) in [5.41, 5.74) is 3.04. The van der Waals surface area contributed by atoms with Crippen molar-refractivity contribution in [1.82, 2.24) is 9.97 Å². The van der Waals surface area contributed by atoms with Crippen molar-refractivity contribution < 1.29 is 26.0 Å². The molecule has 0 unspecified atom stereocenters. The highest BCUT2D eigenvalue weighted by Gasteiger charge is 2.12. The summed E-state index contributed by atoms with van der Waals surface area (Å²) in [5.74, 6) is -0.303. The Morgan fingerprint density at radius 1 is 0.966 bits per heavy atom. The molecule has 2 aromatic carbocycles. The van der Waals surface area contributed by atoms with E-state index < -0.39 is 16.3 Å². The van der Waals surface area contributed by atoms with Gasteiger partial charge in [-0.3, -0.25) is 4.39 Å². The van der Waals surface area contributed by atoms with Crippen LogP contribution < -0.4 is 0 Å². The first-order chi connectivity index (χ1) is 13.7. The molecule has 1 aromatic heterocycles. The number of nitrogens with zero attached hydrogens (tertiary/aromatic N) is 1. The highest BCUT2D eigenvalue weighted by atomic mass is 32.2. The van der Waals surface area contributed by atoms with Crippen LogP contribution in [0.5, 0.6) is 0 Å². The van der Waals surface area contributed by atoms with Crippen LogP contribution in [0, 0.1) is 5.82 Å². The lowest BCUT2D eigenvalue weighted by atomic mass is 10.1. The van der Waals surface area contributed by atoms with Crippen LogP contribution >= 0.6 is 0 Å². The Labute approximate surface area is 167 Å². The van der Waals surface area contributed by atoms with Crippen molar-refractivity contribution in [3.05, 3.63) is 60.7 Å². The first-order valence-corrected chi connectivity index (χ1v) is 10.4. The average molecular weight is 430 g/mol. The number of hydrogen-bond acceptors (Lipinski definition) is 3. The first kappa shape index (κ1) is 24.4. The van der Waals surface area contributed by atoms with Gasteiger partial charge >= 0.3 is 0 Å². The number of rotatable bonds is 4. The van der Waals surface area contributed by atoms with E-state index in [9.17, 15) is 26.0 Å². The molecule has 0 fully saturated rings. The van der Waals surface area contributed by atoms with E-state index in [-0.39, 0.29) is 17.1 Å². The lowest BCUT2D eigenvalue weighted by molar-refractivity contribution is 0.144. The average Bonchev–Trinajstić information content (AvgIpc) is 3.20. The number of imidazole rings is 1. The first-order valence-electron chi connectivity index (χ1n) is 8.48. The maximum Gasteiger partial charge on any atom is 0.238 e. The standard InChI is InChI=1S/C16H13FN2O2S.C3H6F2.CH3F/c1-22(20,21)14-8-4-12(5-9-14)16-15(18-10-19-16)11-2-6-13(17)7-3-11;1-2-3(4)5;1-2/h2-10H,1H3,(H,18,19);3H,2H2,1H3;1H3. The highest BCUT2D eigenvalue weighted by Crippen LogP contribution is 2.29. The summed E-state index contributed by atoms with van der Waals surface area (Å²) in [5, 5.41) is 0. The fourth-order valence-electron chi connectivity index (χ4n) is 2.21. The molecule has 0 amide bonds. The molecule has 158 valence electrons. The molecule has 0 saturated carbocycles. The molecule has 0 aliphatic heterocycles. The third-order valence-electron chi connectivity index (χ3n) is 3.64. The highest BCUT2D eigenvalue weighted by molar-refractivity contribution is 7.90. The number of H-pyrrole nitrogens is 1. The molecule has 3 aromatic rings. The summed E-state index contributed by atoms with van der Waals surface area (Å²) in [6, 6.07) is 12.6. The van der Waals surface area contributed by atoms with Gasteiger partial charge in [-0.2, -0.15) is 0 Å². The van der Waals surface area contributed by atoms with Crippen molar-refractivity contribution in [3.8, 4) is 22.5 Å². The quantitative estimate of drug-likeness (QED) is 0.554. The fourth-order valence-corrected chi connectivity index (χ4v) is 2.84. The Hall–Kier alpha value is -2.68. The summed E-state index contributed by atoms with van der Waals surface area (Å²) in [6.45, 7) is 1.45. The Morgan fingerprint density at radius 3 is 1.90 bits per heavy atom. The van der Waals surface area contributed by atoms with Crippen molar-refractivity contribution >= 4 is 9.84 Å². The van der Waals surface area contributed by atoms with E-state index >= 15 is 0 Å². The van der Waals surface area contributed by atoms with Crippen LogP contribution in [-0.2, 0) is 9.84 Å². The van der Waals surface area contributed by atoms with Gasteiger partial charge in [-0.15, -0.1) is 0 Å².